The molecule has 1 aliphatic heterocycles. The van der Waals surface area contributed by atoms with E-state index >= 15 is 0 Å². The molecule has 6 heteroatoms. The van der Waals surface area contributed by atoms with E-state index in [1.165, 1.54) is 0 Å². The van der Waals surface area contributed by atoms with Gasteiger partial charge in [0.05, 0.1) is 24.6 Å². The van der Waals surface area contributed by atoms with Crippen LogP contribution in [0.2, 0.25) is 0 Å². The van der Waals surface area contributed by atoms with Gasteiger partial charge in [-0.3, -0.25) is 4.90 Å². The zero-order chi connectivity index (χ0) is 15.5. The molecule has 0 saturated carbocycles. The first-order valence-corrected chi connectivity index (χ1v) is 9.37. The van der Waals surface area contributed by atoms with Crippen LogP contribution in [-0.4, -0.2) is 44.5 Å². The minimum absolute atomic E-state index is 0.114. The lowest BCUT2D eigenvalue weighted by Gasteiger charge is -2.21. The van der Waals surface area contributed by atoms with Gasteiger partial charge >= 0.3 is 0 Å². The Bertz CT molecular complexity index is 551. The highest BCUT2D eigenvalue weighted by Crippen LogP contribution is 2.19. The molecule has 5 nitrogen and oxygen atoms in total. The van der Waals surface area contributed by atoms with Gasteiger partial charge < -0.3 is 9.73 Å². The Balaban J connectivity index is 1.82. The molecule has 21 heavy (non-hydrogen) atoms. The summed E-state index contributed by atoms with van der Waals surface area (Å²) in [6.45, 7) is 6.70. The molecule has 1 aliphatic rings. The van der Waals surface area contributed by atoms with E-state index in [0.717, 1.165) is 31.0 Å². The van der Waals surface area contributed by atoms with E-state index in [0.29, 0.717) is 18.2 Å². The molecule has 1 saturated heterocycles. The molecule has 0 bridgehead atoms. The first-order valence-electron chi connectivity index (χ1n) is 7.54. The van der Waals surface area contributed by atoms with E-state index in [9.17, 15) is 8.42 Å². The summed E-state index contributed by atoms with van der Waals surface area (Å²) >= 11 is 0. The van der Waals surface area contributed by atoms with E-state index in [1.54, 1.807) is 0 Å². The number of nitrogens with one attached hydrogen (secondary N) is 1. The van der Waals surface area contributed by atoms with Crippen molar-refractivity contribution in [2.45, 2.75) is 39.4 Å². The van der Waals surface area contributed by atoms with E-state index in [2.05, 4.69) is 24.1 Å². The molecule has 1 atom stereocenters. The summed E-state index contributed by atoms with van der Waals surface area (Å²) in [6.07, 6.45) is 0.725. The zero-order valence-corrected chi connectivity index (χ0v) is 13.9. The van der Waals surface area contributed by atoms with Crippen molar-refractivity contribution in [2.75, 3.05) is 25.1 Å². The van der Waals surface area contributed by atoms with Crippen molar-refractivity contribution in [1.82, 2.24) is 10.2 Å². The van der Waals surface area contributed by atoms with Crippen LogP contribution in [0, 0.1) is 5.92 Å². The number of rotatable bonds is 7. The maximum absolute atomic E-state index is 11.5. The lowest BCUT2D eigenvalue weighted by atomic mass is 10.2. The average molecular weight is 314 g/mol. The molecule has 0 aromatic carbocycles. The summed E-state index contributed by atoms with van der Waals surface area (Å²) in [5.74, 6) is 3.02. The predicted molar refractivity (Wildman–Crippen MR) is 83.8 cm³/mol. The van der Waals surface area contributed by atoms with E-state index in [4.69, 9.17) is 4.42 Å². The fourth-order valence-corrected chi connectivity index (χ4v) is 4.39. The van der Waals surface area contributed by atoms with Crippen molar-refractivity contribution >= 4 is 9.84 Å². The SMILES string of the molecule is CC(C)CNCc1ccc(CN(C)C2CCS(=O)(=O)C2)o1. The molecule has 1 aromatic heterocycles. The molecule has 1 unspecified atom stereocenters. The first kappa shape index (κ1) is 16.5. The van der Waals surface area contributed by atoms with Crippen molar-refractivity contribution in [3.05, 3.63) is 23.7 Å². The van der Waals surface area contributed by atoms with Crippen LogP contribution in [0.25, 0.3) is 0 Å². The maximum Gasteiger partial charge on any atom is 0.151 e. The zero-order valence-electron chi connectivity index (χ0n) is 13.1. The van der Waals surface area contributed by atoms with Gasteiger partial charge in [-0.25, -0.2) is 8.42 Å². The third kappa shape index (κ3) is 5.13. The monoisotopic (exact) mass is 314 g/mol. The maximum atomic E-state index is 11.5. The molecule has 2 heterocycles. The summed E-state index contributed by atoms with van der Waals surface area (Å²) in [7, 11) is -0.867. The molecule has 0 aliphatic carbocycles. The number of furan rings is 1. The van der Waals surface area contributed by atoms with Crippen LogP contribution < -0.4 is 5.32 Å². The van der Waals surface area contributed by atoms with Crippen LogP contribution in [0.1, 0.15) is 31.8 Å². The fourth-order valence-electron chi connectivity index (χ4n) is 2.58. The molecule has 1 fully saturated rings. The van der Waals surface area contributed by atoms with Crippen molar-refractivity contribution in [3.8, 4) is 0 Å². The quantitative estimate of drug-likeness (QED) is 0.829. The average Bonchev–Trinajstić information content (AvgIpc) is 2.95. The van der Waals surface area contributed by atoms with Gasteiger partial charge in [0.25, 0.3) is 0 Å². The normalized spacial score (nSPS) is 21.5. The Morgan fingerprint density at radius 2 is 2.10 bits per heavy atom. The third-order valence-corrected chi connectivity index (χ3v) is 5.56. The van der Waals surface area contributed by atoms with Crippen molar-refractivity contribution in [1.29, 1.82) is 0 Å². The molecular weight excluding hydrogens is 288 g/mol. The molecule has 0 radical (unpaired) electrons. The van der Waals surface area contributed by atoms with E-state index in [1.807, 2.05) is 19.2 Å². The fraction of sp³-hybridized carbons (Fsp3) is 0.733. The Morgan fingerprint density at radius 3 is 2.71 bits per heavy atom. The Kier molecular flexibility index (Phi) is 5.46. The van der Waals surface area contributed by atoms with Crippen molar-refractivity contribution in [2.24, 2.45) is 5.92 Å². The van der Waals surface area contributed by atoms with Gasteiger partial charge in [-0.15, -0.1) is 0 Å². The second-order valence-electron chi connectivity index (χ2n) is 6.36. The van der Waals surface area contributed by atoms with Crippen LogP contribution >= 0.6 is 0 Å². The summed E-state index contributed by atoms with van der Waals surface area (Å²) in [5.41, 5.74) is 0. The molecule has 1 N–H and O–H groups in total. The van der Waals surface area contributed by atoms with Crippen LogP contribution in [0.5, 0.6) is 0 Å². The minimum atomic E-state index is -2.83. The van der Waals surface area contributed by atoms with Crippen molar-refractivity contribution < 1.29 is 12.8 Å². The smallest absolute Gasteiger partial charge is 0.151 e. The second kappa shape index (κ2) is 6.94. The summed E-state index contributed by atoms with van der Waals surface area (Å²) in [4.78, 5) is 2.08. The van der Waals surface area contributed by atoms with E-state index in [-0.39, 0.29) is 11.8 Å². The summed E-state index contributed by atoms with van der Waals surface area (Å²) < 4.78 is 28.8. The van der Waals surface area contributed by atoms with Crippen molar-refractivity contribution in [3.63, 3.8) is 0 Å². The molecular formula is C15H26N2O3S. The van der Waals surface area contributed by atoms with Gasteiger partial charge in [-0.1, -0.05) is 13.8 Å². The number of nitrogens with zero attached hydrogens (tertiary/aromatic N) is 1. The first-order chi connectivity index (χ1) is 9.85. The number of sulfone groups is 1. The van der Waals surface area contributed by atoms with Crippen LogP contribution in [0.15, 0.2) is 16.5 Å². The standard InChI is InChI=1S/C15H26N2O3S/c1-12(2)8-16-9-14-4-5-15(20-14)10-17(3)13-6-7-21(18,19)11-13/h4-5,12-13,16H,6-11H2,1-3H3. The number of hydrogen-bond acceptors (Lipinski definition) is 5. The van der Waals surface area contributed by atoms with Crippen LogP contribution in [0.3, 0.4) is 0 Å². The van der Waals surface area contributed by atoms with Gasteiger partial charge in [0.1, 0.15) is 11.5 Å². The summed E-state index contributed by atoms with van der Waals surface area (Å²) in [5, 5.41) is 3.35. The van der Waals surface area contributed by atoms with Gasteiger partial charge in [-0.05, 0) is 38.1 Å². The lowest BCUT2D eigenvalue weighted by molar-refractivity contribution is 0.231. The topological polar surface area (TPSA) is 62.6 Å². The lowest BCUT2D eigenvalue weighted by Crippen LogP contribution is -2.31. The third-order valence-electron chi connectivity index (χ3n) is 3.81. The minimum Gasteiger partial charge on any atom is -0.463 e. The highest BCUT2D eigenvalue weighted by atomic mass is 32.2. The molecule has 2 rings (SSSR count). The second-order valence-corrected chi connectivity index (χ2v) is 8.59. The van der Waals surface area contributed by atoms with E-state index < -0.39 is 9.84 Å². The Labute approximate surface area is 127 Å². The van der Waals surface area contributed by atoms with Gasteiger partial charge in [0.2, 0.25) is 0 Å². The molecule has 120 valence electrons. The summed E-state index contributed by atoms with van der Waals surface area (Å²) in [6, 6.07) is 4.08. The highest BCUT2D eigenvalue weighted by molar-refractivity contribution is 7.91. The van der Waals surface area contributed by atoms with Gasteiger partial charge in [0.15, 0.2) is 9.84 Å². The van der Waals surface area contributed by atoms with Crippen LogP contribution in [0.4, 0.5) is 0 Å². The highest BCUT2D eigenvalue weighted by Gasteiger charge is 2.30. The molecule has 0 amide bonds. The molecule has 1 aromatic rings. The Hall–Kier alpha value is -0.850. The molecule has 0 spiro atoms. The largest absolute Gasteiger partial charge is 0.463 e. The van der Waals surface area contributed by atoms with Gasteiger partial charge in [0, 0.05) is 6.04 Å². The van der Waals surface area contributed by atoms with Crippen LogP contribution in [-0.2, 0) is 22.9 Å². The predicted octanol–water partition coefficient (Wildman–Crippen LogP) is 1.64. The Morgan fingerprint density at radius 1 is 1.38 bits per heavy atom. The van der Waals surface area contributed by atoms with Gasteiger partial charge in [-0.2, -0.15) is 0 Å². The number of hydrogen-bond donors (Lipinski definition) is 1.